The molecule has 26 heavy (non-hydrogen) atoms. The summed E-state index contributed by atoms with van der Waals surface area (Å²) in [7, 11) is 0. The van der Waals surface area contributed by atoms with Crippen molar-refractivity contribution in [3.8, 4) is 0 Å². The summed E-state index contributed by atoms with van der Waals surface area (Å²) in [6, 6.07) is 10.2. The highest BCUT2D eigenvalue weighted by Gasteiger charge is 2.26. The van der Waals surface area contributed by atoms with Gasteiger partial charge in [0.05, 0.1) is 6.54 Å². The summed E-state index contributed by atoms with van der Waals surface area (Å²) in [4.78, 5) is 31.0. The van der Waals surface area contributed by atoms with Gasteiger partial charge in [-0.1, -0.05) is 30.3 Å². The van der Waals surface area contributed by atoms with Crippen LogP contribution in [-0.4, -0.2) is 71.8 Å². The molecule has 2 saturated heterocycles. The maximum Gasteiger partial charge on any atom is 0.246 e. The Morgan fingerprint density at radius 1 is 1.04 bits per heavy atom. The maximum atomic E-state index is 12.5. The summed E-state index contributed by atoms with van der Waals surface area (Å²) in [5.41, 5.74) is 1.03. The number of piperazine rings is 1. The lowest BCUT2D eigenvalue weighted by atomic mass is 10.0. The number of carbonyl (C=O) groups excluding carboxylic acids is 2. The maximum absolute atomic E-state index is 12.5. The molecule has 0 N–H and O–H groups in total. The van der Waals surface area contributed by atoms with Gasteiger partial charge in [0.15, 0.2) is 0 Å². The lowest BCUT2D eigenvalue weighted by Crippen LogP contribution is -2.52. The molecule has 140 valence electrons. The van der Waals surface area contributed by atoms with Crippen LogP contribution in [0.1, 0.15) is 31.7 Å². The number of benzene rings is 1. The minimum atomic E-state index is 0.0458. The molecule has 1 aromatic carbocycles. The van der Waals surface area contributed by atoms with Gasteiger partial charge in [0.1, 0.15) is 0 Å². The zero-order valence-electron chi connectivity index (χ0n) is 15.6. The third-order valence-electron chi connectivity index (χ3n) is 5.38. The largest absolute Gasteiger partial charge is 0.339 e. The summed E-state index contributed by atoms with van der Waals surface area (Å²) in [6.07, 6.45) is 6.96. The van der Waals surface area contributed by atoms with Crippen molar-refractivity contribution in [2.75, 3.05) is 39.3 Å². The van der Waals surface area contributed by atoms with E-state index >= 15 is 0 Å². The summed E-state index contributed by atoms with van der Waals surface area (Å²) in [5.74, 6) is 0.283. The molecule has 1 atom stereocenters. The molecule has 0 spiro atoms. The molecule has 0 aliphatic carbocycles. The van der Waals surface area contributed by atoms with Crippen molar-refractivity contribution < 1.29 is 9.59 Å². The third-order valence-corrected chi connectivity index (χ3v) is 5.38. The van der Waals surface area contributed by atoms with Gasteiger partial charge in [-0.05, 0) is 37.8 Å². The first-order valence-electron chi connectivity index (χ1n) is 9.67. The van der Waals surface area contributed by atoms with Gasteiger partial charge in [0.2, 0.25) is 11.8 Å². The molecule has 1 unspecified atom stereocenters. The summed E-state index contributed by atoms with van der Waals surface area (Å²) in [6.45, 7) is 6.40. The van der Waals surface area contributed by atoms with Gasteiger partial charge in [0, 0.05) is 44.8 Å². The van der Waals surface area contributed by atoms with E-state index in [1.165, 1.54) is 6.42 Å². The quantitative estimate of drug-likeness (QED) is 0.778. The van der Waals surface area contributed by atoms with Crippen LogP contribution in [-0.2, 0) is 9.59 Å². The fourth-order valence-electron chi connectivity index (χ4n) is 3.71. The van der Waals surface area contributed by atoms with E-state index in [1.54, 1.807) is 6.08 Å². The Bertz CT molecular complexity index is 636. The molecule has 1 aromatic rings. The van der Waals surface area contributed by atoms with E-state index in [9.17, 15) is 9.59 Å². The number of amides is 2. The van der Waals surface area contributed by atoms with Crippen LogP contribution in [0, 0.1) is 0 Å². The normalized spacial score (nSPS) is 22.0. The molecule has 2 aliphatic heterocycles. The van der Waals surface area contributed by atoms with E-state index in [2.05, 4.69) is 11.8 Å². The molecule has 2 fully saturated rings. The van der Waals surface area contributed by atoms with Crippen LogP contribution in [0.25, 0.3) is 6.08 Å². The highest BCUT2D eigenvalue weighted by Crippen LogP contribution is 2.17. The second-order valence-electron chi connectivity index (χ2n) is 7.28. The zero-order chi connectivity index (χ0) is 18.4. The van der Waals surface area contributed by atoms with E-state index in [0.717, 1.165) is 38.0 Å². The van der Waals surface area contributed by atoms with Gasteiger partial charge in [-0.2, -0.15) is 0 Å². The smallest absolute Gasteiger partial charge is 0.246 e. The van der Waals surface area contributed by atoms with Crippen LogP contribution in [0.5, 0.6) is 0 Å². The average molecular weight is 355 g/mol. The topological polar surface area (TPSA) is 43.9 Å². The van der Waals surface area contributed by atoms with Crippen LogP contribution < -0.4 is 0 Å². The van der Waals surface area contributed by atoms with Gasteiger partial charge in [-0.3, -0.25) is 14.5 Å². The fourth-order valence-corrected chi connectivity index (χ4v) is 3.71. The molecule has 5 heteroatoms. The van der Waals surface area contributed by atoms with Crippen molar-refractivity contribution in [3.63, 3.8) is 0 Å². The van der Waals surface area contributed by atoms with Gasteiger partial charge < -0.3 is 9.80 Å². The zero-order valence-corrected chi connectivity index (χ0v) is 15.6. The van der Waals surface area contributed by atoms with Gasteiger partial charge in [-0.15, -0.1) is 0 Å². The van der Waals surface area contributed by atoms with E-state index in [-0.39, 0.29) is 11.8 Å². The summed E-state index contributed by atoms with van der Waals surface area (Å²) >= 11 is 0. The van der Waals surface area contributed by atoms with Gasteiger partial charge in [-0.25, -0.2) is 0 Å². The number of likely N-dealkylation sites (tertiary alicyclic amines) is 1. The van der Waals surface area contributed by atoms with Crippen molar-refractivity contribution in [1.82, 2.24) is 14.7 Å². The Morgan fingerprint density at radius 2 is 1.77 bits per heavy atom. The van der Waals surface area contributed by atoms with Crippen LogP contribution in [0.15, 0.2) is 36.4 Å². The van der Waals surface area contributed by atoms with Crippen LogP contribution in [0.3, 0.4) is 0 Å². The van der Waals surface area contributed by atoms with Gasteiger partial charge in [0.25, 0.3) is 0 Å². The van der Waals surface area contributed by atoms with Crippen LogP contribution in [0.2, 0.25) is 0 Å². The monoisotopic (exact) mass is 355 g/mol. The minimum absolute atomic E-state index is 0.0458. The van der Waals surface area contributed by atoms with Crippen LogP contribution in [0.4, 0.5) is 0 Å². The molecule has 2 amide bonds. The fraction of sp³-hybridized carbons (Fsp3) is 0.524. The first kappa shape index (κ1) is 18.6. The Balaban J connectivity index is 1.44. The predicted molar refractivity (Wildman–Crippen MR) is 104 cm³/mol. The first-order valence-corrected chi connectivity index (χ1v) is 9.67. The lowest BCUT2D eigenvalue weighted by Gasteiger charge is -2.37. The summed E-state index contributed by atoms with van der Waals surface area (Å²) in [5, 5.41) is 0. The number of rotatable bonds is 4. The van der Waals surface area contributed by atoms with Crippen molar-refractivity contribution in [2.45, 2.75) is 32.2 Å². The molecule has 2 heterocycles. The number of nitrogens with zero attached hydrogens (tertiary/aromatic N) is 3. The Labute approximate surface area is 156 Å². The third kappa shape index (κ3) is 4.94. The van der Waals surface area contributed by atoms with E-state index in [0.29, 0.717) is 25.7 Å². The summed E-state index contributed by atoms with van der Waals surface area (Å²) < 4.78 is 0. The molecule has 0 saturated carbocycles. The van der Waals surface area contributed by atoms with Crippen molar-refractivity contribution in [1.29, 1.82) is 0 Å². The SMILES string of the molecule is CC1CCCCN1C(=O)CN1CCN(C(=O)/C=C/c2ccccc2)CC1. The second kappa shape index (κ2) is 8.99. The van der Waals surface area contributed by atoms with Crippen LogP contribution >= 0.6 is 0 Å². The number of hydrogen-bond acceptors (Lipinski definition) is 3. The minimum Gasteiger partial charge on any atom is -0.339 e. The predicted octanol–water partition coefficient (Wildman–Crippen LogP) is 2.25. The first-order chi connectivity index (χ1) is 12.6. The van der Waals surface area contributed by atoms with E-state index < -0.39 is 0 Å². The molecular formula is C21H29N3O2. The molecule has 0 radical (unpaired) electrons. The standard InChI is InChI=1S/C21H29N3O2/c1-18-7-5-6-12-24(18)21(26)17-22-13-15-23(16-14-22)20(25)11-10-19-8-3-2-4-9-19/h2-4,8-11,18H,5-7,12-17H2,1H3/b11-10+. The van der Waals surface area contributed by atoms with Crippen molar-refractivity contribution in [2.24, 2.45) is 0 Å². The van der Waals surface area contributed by atoms with Crippen molar-refractivity contribution >= 4 is 17.9 Å². The van der Waals surface area contributed by atoms with Gasteiger partial charge >= 0.3 is 0 Å². The highest BCUT2D eigenvalue weighted by molar-refractivity contribution is 5.91. The molecule has 3 rings (SSSR count). The number of carbonyl (C=O) groups is 2. The van der Waals surface area contributed by atoms with E-state index in [1.807, 2.05) is 46.2 Å². The molecule has 5 nitrogen and oxygen atoms in total. The lowest BCUT2D eigenvalue weighted by molar-refractivity contribution is -0.136. The Kier molecular flexibility index (Phi) is 6.45. The molecule has 0 bridgehead atoms. The Morgan fingerprint density at radius 3 is 2.46 bits per heavy atom. The number of piperidine rings is 1. The molecular weight excluding hydrogens is 326 g/mol. The number of hydrogen-bond donors (Lipinski definition) is 0. The average Bonchev–Trinajstić information content (AvgIpc) is 2.68. The molecule has 0 aromatic heterocycles. The molecule has 2 aliphatic rings. The second-order valence-corrected chi connectivity index (χ2v) is 7.28. The Hall–Kier alpha value is -2.14. The highest BCUT2D eigenvalue weighted by atomic mass is 16.2. The van der Waals surface area contributed by atoms with Crippen molar-refractivity contribution in [3.05, 3.63) is 42.0 Å². The van der Waals surface area contributed by atoms with E-state index in [4.69, 9.17) is 0 Å².